The van der Waals surface area contributed by atoms with E-state index in [9.17, 15) is 0 Å². The predicted octanol–water partition coefficient (Wildman–Crippen LogP) is 3.23. The van der Waals surface area contributed by atoms with E-state index in [-0.39, 0.29) is 6.04 Å². The smallest absolute Gasteiger partial charge is 0.0719 e. The molecule has 3 N–H and O–H groups in total. The van der Waals surface area contributed by atoms with Crippen molar-refractivity contribution in [2.24, 2.45) is 5.73 Å². The first-order chi connectivity index (χ1) is 8.00. The normalized spacial score (nSPS) is 13.5. The van der Waals surface area contributed by atoms with Gasteiger partial charge in [-0.2, -0.15) is 5.10 Å². The van der Waals surface area contributed by atoms with Crippen molar-refractivity contribution in [2.75, 3.05) is 0 Å². The lowest BCUT2D eigenvalue weighted by atomic mass is 9.96. The van der Waals surface area contributed by atoms with Crippen LogP contribution in [0.4, 0.5) is 0 Å². The summed E-state index contributed by atoms with van der Waals surface area (Å²) in [6.07, 6.45) is 0.764. The zero-order chi connectivity index (χ0) is 12.6. The highest BCUT2D eigenvalue weighted by atomic mass is 35.5. The number of halogens is 1. The molecule has 0 saturated heterocycles. The van der Waals surface area contributed by atoms with Crippen molar-refractivity contribution < 1.29 is 0 Å². The fourth-order valence-electron chi connectivity index (χ4n) is 2.20. The van der Waals surface area contributed by atoms with Gasteiger partial charge in [-0.15, -0.1) is 0 Å². The average molecular weight is 252 g/mol. The van der Waals surface area contributed by atoms with Crippen molar-refractivity contribution in [3.63, 3.8) is 0 Å². The van der Waals surface area contributed by atoms with Gasteiger partial charge in [0.15, 0.2) is 0 Å². The van der Waals surface area contributed by atoms with Gasteiger partial charge in [0.05, 0.1) is 11.2 Å². The Labute approximate surface area is 106 Å². The van der Waals surface area contributed by atoms with Crippen molar-refractivity contribution in [1.82, 2.24) is 10.2 Å². The van der Waals surface area contributed by atoms with E-state index in [1.165, 1.54) is 0 Å². The van der Waals surface area contributed by atoms with E-state index in [4.69, 9.17) is 17.3 Å². The van der Waals surface area contributed by atoms with Crippen LogP contribution in [0.5, 0.6) is 0 Å². The van der Waals surface area contributed by atoms with E-state index in [1.807, 2.05) is 19.1 Å². The lowest BCUT2D eigenvalue weighted by Crippen LogP contribution is -2.18. The minimum atomic E-state index is 0.0977. The summed E-state index contributed by atoms with van der Waals surface area (Å²) in [5, 5.41) is 9.36. The SMILES string of the molecule is CC(N)Cc1n[nH]c2ccc(Cl)c(C(C)C)c12. The number of aromatic amines is 1. The number of aromatic nitrogens is 2. The van der Waals surface area contributed by atoms with E-state index >= 15 is 0 Å². The Balaban J connectivity index is 2.67. The molecule has 1 unspecified atom stereocenters. The number of hydrogen-bond acceptors (Lipinski definition) is 2. The number of nitrogens with zero attached hydrogens (tertiary/aromatic N) is 1. The van der Waals surface area contributed by atoms with Gasteiger partial charge in [0.2, 0.25) is 0 Å². The van der Waals surface area contributed by atoms with Crippen LogP contribution in [-0.4, -0.2) is 16.2 Å². The quantitative estimate of drug-likeness (QED) is 0.880. The fraction of sp³-hybridized carbons (Fsp3) is 0.462. The summed E-state index contributed by atoms with van der Waals surface area (Å²) in [5.74, 6) is 0.371. The molecule has 0 aliphatic rings. The van der Waals surface area contributed by atoms with Crippen molar-refractivity contribution >= 4 is 22.5 Å². The topological polar surface area (TPSA) is 54.7 Å². The largest absolute Gasteiger partial charge is 0.328 e. The van der Waals surface area contributed by atoms with E-state index in [1.54, 1.807) is 0 Å². The van der Waals surface area contributed by atoms with Crippen LogP contribution in [0.1, 0.15) is 37.9 Å². The van der Waals surface area contributed by atoms with Gasteiger partial charge in [-0.1, -0.05) is 25.4 Å². The Morgan fingerprint density at radius 3 is 2.65 bits per heavy atom. The van der Waals surface area contributed by atoms with Gasteiger partial charge in [-0.25, -0.2) is 0 Å². The highest BCUT2D eigenvalue weighted by Crippen LogP contribution is 2.33. The molecule has 92 valence electrons. The van der Waals surface area contributed by atoms with Crippen LogP contribution in [0.25, 0.3) is 10.9 Å². The zero-order valence-electron chi connectivity index (χ0n) is 10.4. The van der Waals surface area contributed by atoms with E-state index in [2.05, 4.69) is 24.0 Å². The average Bonchev–Trinajstić information content (AvgIpc) is 2.60. The first-order valence-corrected chi connectivity index (χ1v) is 6.29. The van der Waals surface area contributed by atoms with E-state index in [0.29, 0.717) is 5.92 Å². The minimum Gasteiger partial charge on any atom is -0.328 e. The number of benzene rings is 1. The van der Waals surface area contributed by atoms with Gasteiger partial charge in [0, 0.05) is 22.9 Å². The summed E-state index contributed by atoms with van der Waals surface area (Å²) in [7, 11) is 0. The molecule has 0 aliphatic carbocycles. The molecule has 17 heavy (non-hydrogen) atoms. The lowest BCUT2D eigenvalue weighted by Gasteiger charge is -2.11. The summed E-state index contributed by atoms with van der Waals surface area (Å²) in [6.45, 7) is 6.27. The van der Waals surface area contributed by atoms with Gasteiger partial charge in [0.1, 0.15) is 0 Å². The third kappa shape index (κ3) is 2.31. The Kier molecular flexibility index (Phi) is 3.40. The Morgan fingerprint density at radius 1 is 1.35 bits per heavy atom. The Hall–Kier alpha value is -1.06. The highest BCUT2D eigenvalue weighted by Gasteiger charge is 2.16. The molecule has 0 bridgehead atoms. The number of hydrogen-bond donors (Lipinski definition) is 2. The zero-order valence-corrected chi connectivity index (χ0v) is 11.2. The van der Waals surface area contributed by atoms with Gasteiger partial charge in [-0.3, -0.25) is 5.10 Å². The Morgan fingerprint density at radius 2 is 2.06 bits per heavy atom. The molecule has 0 radical (unpaired) electrons. The number of nitrogens with two attached hydrogens (primary N) is 1. The molecule has 1 atom stereocenters. The van der Waals surface area contributed by atoms with Crippen LogP contribution in [0, 0.1) is 0 Å². The molecule has 0 aliphatic heterocycles. The van der Waals surface area contributed by atoms with E-state index in [0.717, 1.165) is 33.6 Å². The number of rotatable bonds is 3. The standard InChI is InChI=1S/C13H18ClN3/c1-7(2)12-9(14)4-5-10-13(12)11(17-16-10)6-8(3)15/h4-5,7-8H,6,15H2,1-3H3,(H,16,17). The molecule has 1 heterocycles. The molecule has 3 nitrogen and oxygen atoms in total. The summed E-state index contributed by atoms with van der Waals surface area (Å²) < 4.78 is 0. The summed E-state index contributed by atoms with van der Waals surface area (Å²) >= 11 is 6.29. The summed E-state index contributed by atoms with van der Waals surface area (Å²) in [4.78, 5) is 0. The lowest BCUT2D eigenvalue weighted by molar-refractivity contribution is 0.721. The molecular weight excluding hydrogens is 234 g/mol. The molecule has 0 amide bonds. The Bertz CT molecular complexity index is 529. The maximum Gasteiger partial charge on any atom is 0.0719 e. The number of nitrogens with one attached hydrogen (secondary N) is 1. The van der Waals surface area contributed by atoms with Crippen LogP contribution in [0.2, 0.25) is 5.02 Å². The number of fused-ring (bicyclic) bond motifs is 1. The minimum absolute atomic E-state index is 0.0977. The van der Waals surface area contributed by atoms with Crippen molar-refractivity contribution in [2.45, 2.75) is 39.2 Å². The van der Waals surface area contributed by atoms with Crippen LogP contribution in [-0.2, 0) is 6.42 Å². The summed E-state index contributed by atoms with van der Waals surface area (Å²) in [6, 6.07) is 3.99. The predicted molar refractivity (Wildman–Crippen MR) is 72.5 cm³/mol. The van der Waals surface area contributed by atoms with Crippen LogP contribution < -0.4 is 5.73 Å². The fourth-order valence-corrected chi connectivity index (χ4v) is 2.57. The van der Waals surface area contributed by atoms with Crippen molar-refractivity contribution in [3.8, 4) is 0 Å². The van der Waals surface area contributed by atoms with Crippen LogP contribution in [0.15, 0.2) is 12.1 Å². The number of H-pyrrole nitrogens is 1. The first-order valence-electron chi connectivity index (χ1n) is 5.91. The van der Waals surface area contributed by atoms with Crippen LogP contribution in [0.3, 0.4) is 0 Å². The van der Waals surface area contributed by atoms with E-state index < -0.39 is 0 Å². The molecule has 2 rings (SSSR count). The molecule has 2 aromatic rings. The molecule has 0 spiro atoms. The highest BCUT2D eigenvalue weighted by molar-refractivity contribution is 6.32. The second-order valence-corrected chi connectivity index (χ2v) is 5.30. The molecule has 1 aromatic heterocycles. The van der Waals surface area contributed by atoms with Gasteiger partial charge >= 0.3 is 0 Å². The van der Waals surface area contributed by atoms with Crippen molar-refractivity contribution in [1.29, 1.82) is 0 Å². The van der Waals surface area contributed by atoms with Gasteiger partial charge in [-0.05, 0) is 30.5 Å². The maximum atomic E-state index is 6.29. The molecule has 0 saturated carbocycles. The second-order valence-electron chi connectivity index (χ2n) is 4.89. The maximum absolute atomic E-state index is 6.29. The summed E-state index contributed by atoms with van der Waals surface area (Å²) in [5.41, 5.74) is 9.06. The molecule has 4 heteroatoms. The van der Waals surface area contributed by atoms with Crippen LogP contribution >= 0.6 is 11.6 Å². The third-order valence-corrected chi connectivity index (χ3v) is 3.21. The third-order valence-electron chi connectivity index (χ3n) is 2.88. The van der Waals surface area contributed by atoms with Gasteiger partial charge < -0.3 is 5.73 Å². The first kappa shape index (κ1) is 12.4. The van der Waals surface area contributed by atoms with Gasteiger partial charge in [0.25, 0.3) is 0 Å². The monoisotopic (exact) mass is 251 g/mol. The molecule has 1 aromatic carbocycles. The molecular formula is C13H18ClN3. The second kappa shape index (κ2) is 4.67. The molecule has 0 fully saturated rings. The van der Waals surface area contributed by atoms with Crippen molar-refractivity contribution in [3.05, 3.63) is 28.4 Å².